The standard InChI is InChI=1S/C28H39NO5/c1-5-29(24-13-10-22-19-25(31-2)14-11-21(22)18-24)16-8-6-7-9-17-34-28(30)23-12-15-26(32-3)27(20-23)33-4/h11-12,14-15,19-20,24H,5-10,13,16-18H2,1-4H3. The lowest BCUT2D eigenvalue weighted by atomic mass is 9.87. The molecule has 6 heteroatoms. The maximum Gasteiger partial charge on any atom is 0.338 e. The summed E-state index contributed by atoms with van der Waals surface area (Å²) in [5.41, 5.74) is 3.38. The second-order valence-corrected chi connectivity index (χ2v) is 8.78. The van der Waals surface area contributed by atoms with E-state index in [1.54, 1.807) is 39.5 Å². The van der Waals surface area contributed by atoms with E-state index in [9.17, 15) is 4.79 Å². The molecule has 0 N–H and O–H groups in total. The van der Waals surface area contributed by atoms with Crippen molar-refractivity contribution in [1.29, 1.82) is 0 Å². The lowest BCUT2D eigenvalue weighted by molar-refractivity contribution is 0.0497. The van der Waals surface area contributed by atoms with Gasteiger partial charge < -0.3 is 23.8 Å². The van der Waals surface area contributed by atoms with Gasteiger partial charge in [0.1, 0.15) is 5.75 Å². The molecule has 1 atom stereocenters. The van der Waals surface area contributed by atoms with E-state index < -0.39 is 0 Å². The average Bonchev–Trinajstić information content (AvgIpc) is 2.89. The van der Waals surface area contributed by atoms with Gasteiger partial charge in [0, 0.05) is 6.04 Å². The summed E-state index contributed by atoms with van der Waals surface area (Å²) in [6, 6.07) is 12.2. The smallest absolute Gasteiger partial charge is 0.338 e. The predicted molar refractivity (Wildman–Crippen MR) is 134 cm³/mol. The summed E-state index contributed by atoms with van der Waals surface area (Å²) in [5, 5.41) is 0. The zero-order valence-electron chi connectivity index (χ0n) is 21.1. The highest BCUT2D eigenvalue weighted by atomic mass is 16.5. The zero-order valence-corrected chi connectivity index (χ0v) is 21.1. The molecule has 6 nitrogen and oxygen atoms in total. The molecule has 0 heterocycles. The summed E-state index contributed by atoms with van der Waals surface area (Å²) in [5.74, 6) is 1.75. The molecule has 2 aromatic rings. The third kappa shape index (κ3) is 6.89. The van der Waals surface area contributed by atoms with E-state index in [0.717, 1.165) is 50.9 Å². The van der Waals surface area contributed by atoms with Gasteiger partial charge in [-0.2, -0.15) is 0 Å². The third-order valence-corrected chi connectivity index (χ3v) is 6.73. The first-order valence-electron chi connectivity index (χ1n) is 12.4. The molecule has 0 aromatic heterocycles. The van der Waals surface area contributed by atoms with Crippen LogP contribution in [0, 0.1) is 0 Å². The first-order chi connectivity index (χ1) is 16.6. The molecular weight excluding hydrogens is 430 g/mol. The Kier molecular flexibility index (Phi) is 10.1. The lowest BCUT2D eigenvalue weighted by Gasteiger charge is -2.34. The molecular formula is C28H39NO5. The van der Waals surface area contributed by atoms with Gasteiger partial charge in [-0.1, -0.05) is 25.8 Å². The number of rotatable bonds is 13. The summed E-state index contributed by atoms with van der Waals surface area (Å²) in [6.07, 6.45) is 7.71. The van der Waals surface area contributed by atoms with Crippen molar-refractivity contribution < 1.29 is 23.7 Å². The Morgan fingerprint density at radius 2 is 1.71 bits per heavy atom. The number of unbranched alkanes of at least 4 members (excludes halogenated alkanes) is 3. The van der Waals surface area contributed by atoms with Gasteiger partial charge in [-0.15, -0.1) is 0 Å². The van der Waals surface area contributed by atoms with Gasteiger partial charge >= 0.3 is 5.97 Å². The van der Waals surface area contributed by atoms with E-state index in [4.69, 9.17) is 18.9 Å². The van der Waals surface area contributed by atoms with Crippen LogP contribution in [0.4, 0.5) is 0 Å². The van der Waals surface area contributed by atoms with Crippen molar-refractivity contribution >= 4 is 5.97 Å². The molecule has 0 bridgehead atoms. The largest absolute Gasteiger partial charge is 0.497 e. The highest BCUT2D eigenvalue weighted by Crippen LogP contribution is 2.29. The van der Waals surface area contributed by atoms with E-state index in [-0.39, 0.29) is 5.97 Å². The first kappa shape index (κ1) is 25.9. The number of aryl methyl sites for hydroxylation is 1. The van der Waals surface area contributed by atoms with E-state index >= 15 is 0 Å². The van der Waals surface area contributed by atoms with Crippen molar-refractivity contribution in [1.82, 2.24) is 4.90 Å². The normalized spacial score (nSPS) is 15.0. The van der Waals surface area contributed by atoms with Gasteiger partial charge in [0.2, 0.25) is 0 Å². The van der Waals surface area contributed by atoms with Crippen LogP contribution in [0.3, 0.4) is 0 Å². The molecule has 0 saturated heterocycles. The lowest BCUT2D eigenvalue weighted by Crippen LogP contribution is -2.39. The van der Waals surface area contributed by atoms with Crippen LogP contribution >= 0.6 is 0 Å². The van der Waals surface area contributed by atoms with E-state index in [1.165, 1.54) is 24.0 Å². The summed E-state index contributed by atoms with van der Waals surface area (Å²) in [7, 11) is 4.85. The average molecular weight is 470 g/mol. The monoisotopic (exact) mass is 469 g/mol. The van der Waals surface area contributed by atoms with E-state index in [0.29, 0.717) is 29.7 Å². The summed E-state index contributed by atoms with van der Waals surface area (Å²) >= 11 is 0. The minimum absolute atomic E-state index is 0.326. The Morgan fingerprint density at radius 3 is 2.44 bits per heavy atom. The number of nitrogens with zero attached hydrogens (tertiary/aromatic N) is 1. The van der Waals surface area contributed by atoms with Crippen molar-refractivity contribution in [2.75, 3.05) is 41.0 Å². The van der Waals surface area contributed by atoms with Crippen LogP contribution in [-0.4, -0.2) is 57.9 Å². The topological polar surface area (TPSA) is 57.2 Å². The Labute approximate surface area is 204 Å². The minimum Gasteiger partial charge on any atom is -0.497 e. The second kappa shape index (κ2) is 13.2. The zero-order chi connectivity index (χ0) is 24.3. The van der Waals surface area contributed by atoms with Crippen molar-refractivity contribution in [3.8, 4) is 17.2 Å². The molecule has 0 spiro atoms. The molecule has 0 fully saturated rings. The van der Waals surface area contributed by atoms with Gasteiger partial charge in [-0.25, -0.2) is 4.79 Å². The SMILES string of the molecule is CCN(CCCCCCOC(=O)c1ccc(OC)c(OC)c1)C1CCc2cc(OC)ccc2C1. The van der Waals surface area contributed by atoms with Crippen LogP contribution < -0.4 is 14.2 Å². The number of benzene rings is 2. The second-order valence-electron chi connectivity index (χ2n) is 8.78. The Balaban J connectivity index is 1.34. The quantitative estimate of drug-likeness (QED) is 0.293. The van der Waals surface area contributed by atoms with Gasteiger partial charge in [-0.05, 0) is 86.7 Å². The maximum atomic E-state index is 12.3. The third-order valence-electron chi connectivity index (χ3n) is 6.73. The minimum atomic E-state index is -0.326. The molecule has 0 radical (unpaired) electrons. The molecule has 1 unspecified atom stereocenters. The number of hydrogen-bond donors (Lipinski definition) is 0. The van der Waals surface area contributed by atoms with Crippen molar-refractivity contribution in [2.45, 2.75) is 57.9 Å². The molecule has 0 aliphatic heterocycles. The van der Waals surface area contributed by atoms with Crippen molar-refractivity contribution in [2.24, 2.45) is 0 Å². The molecule has 0 amide bonds. The molecule has 3 rings (SSSR count). The highest BCUT2D eigenvalue weighted by molar-refractivity contribution is 5.90. The molecule has 34 heavy (non-hydrogen) atoms. The van der Waals surface area contributed by atoms with Gasteiger partial charge in [0.25, 0.3) is 0 Å². The van der Waals surface area contributed by atoms with Crippen molar-refractivity contribution in [3.63, 3.8) is 0 Å². The van der Waals surface area contributed by atoms with Crippen LogP contribution in [0.1, 0.15) is 60.5 Å². The molecule has 1 aliphatic rings. The van der Waals surface area contributed by atoms with Crippen LogP contribution in [0.15, 0.2) is 36.4 Å². The van der Waals surface area contributed by atoms with Crippen LogP contribution in [0.2, 0.25) is 0 Å². The molecule has 1 aliphatic carbocycles. The van der Waals surface area contributed by atoms with Crippen LogP contribution in [-0.2, 0) is 17.6 Å². The van der Waals surface area contributed by atoms with E-state index in [2.05, 4.69) is 30.0 Å². The number of ether oxygens (including phenoxy) is 4. The number of carbonyl (C=O) groups excluding carboxylic acids is 1. The fourth-order valence-corrected chi connectivity index (χ4v) is 4.73. The van der Waals surface area contributed by atoms with Gasteiger partial charge in [0.15, 0.2) is 11.5 Å². The van der Waals surface area contributed by atoms with Crippen LogP contribution in [0.25, 0.3) is 0 Å². The highest BCUT2D eigenvalue weighted by Gasteiger charge is 2.23. The number of hydrogen-bond acceptors (Lipinski definition) is 6. The number of fused-ring (bicyclic) bond motifs is 1. The van der Waals surface area contributed by atoms with Gasteiger partial charge in [0.05, 0.1) is 33.5 Å². The number of carbonyl (C=O) groups is 1. The number of methoxy groups -OCH3 is 3. The number of esters is 1. The fraction of sp³-hybridized carbons (Fsp3) is 0.536. The summed E-state index contributed by atoms with van der Waals surface area (Å²) in [6.45, 7) is 4.90. The van der Waals surface area contributed by atoms with Crippen molar-refractivity contribution in [3.05, 3.63) is 53.1 Å². The Bertz CT molecular complexity index is 929. The van der Waals surface area contributed by atoms with E-state index in [1.807, 2.05) is 0 Å². The fourth-order valence-electron chi connectivity index (χ4n) is 4.73. The van der Waals surface area contributed by atoms with Crippen LogP contribution in [0.5, 0.6) is 17.2 Å². The predicted octanol–water partition coefficient (Wildman–Crippen LogP) is 5.31. The molecule has 186 valence electrons. The number of likely N-dealkylation sites (N-methyl/N-ethyl adjacent to an activating group) is 1. The Morgan fingerprint density at radius 1 is 0.912 bits per heavy atom. The molecule has 2 aromatic carbocycles. The summed E-state index contributed by atoms with van der Waals surface area (Å²) < 4.78 is 21.3. The van der Waals surface area contributed by atoms with Gasteiger partial charge in [-0.3, -0.25) is 0 Å². The first-order valence-corrected chi connectivity index (χ1v) is 12.4. The maximum absolute atomic E-state index is 12.3. The molecule has 0 saturated carbocycles. The summed E-state index contributed by atoms with van der Waals surface area (Å²) in [4.78, 5) is 14.9. The Hall–Kier alpha value is -2.73.